The molecule has 7 nitrogen and oxygen atoms in total. The fourth-order valence-corrected chi connectivity index (χ4v) is 4.89. The number of ether oxygens (including phenoxy) is 1. The maximum atomic E-state index is 13.3. The van der Waals surface area contributed by atoms with E-state index in [0.717, 1.165) is 0 Å². The molecule has 0 heterocycles. The Morgan fingerprint density at radius 2 is 1.80 bits per heavy atom. The van der Waals surface area contributed by atoms with Crippen LogP contribution in [0.4, 0.5) is 0 Å². The molecule has 0 fully saturated rings. The van der Waals surface area contributed by atoms with Gasteiger partial charge in [-0.25, -0.2) is 0 Å². The van der Waals surface area contributed by atoms with E-state index in [9.17, 15) is 24.6 Å². The van der Waals surface area contributed by atoms with Crippen LogP contribution in [0, 0.1) is 5.41 Å². The molecule has 2 aliphatic carbocycles. The molecule has 0 aromatic heterocycles. The van der Waals surface area contributed by atoms with E-state index in [4.69, 9.17) is 10.5 Å². The molecule has 2 aromatic carbocycles. The lowest BCUT2D eigenvalue weighted by atomic mass is 9.64. The van der Waals surface area contributed by atoms with Gasteiger partial charge in [-0.05, 0) is 37.2 Å². The average molecular weight is 409 g/mol. The van der Waals surface area contributed by atoms with Crippen LogP contribution in [-0.2, 0) is 17.6 Å². The second kappa shape index (κ2) is 6.95. The third-order valence-corrected chi connectivity index (χ3v) is 6.79. The summed E-state index contributed by atoms with van der Waals surface area (Å²) in [5.41, 5.74) is 6.08. The zero-order valence-electron chi connectivity index (χ0n) is 16.8. The number of carbonyl (C=O) groups excluding carboxylic acids is 3. The summed E-state index contributed by atoms with van der Waals surface area (Å²) in [6.45, 7) is 1.92. The molecule has 156 valence electrons. The van der Waals surface area contributed by atoms with Crippen LogP contribution in [0.1, 0.15) is 62.7 Å². The molecular weight excluding hydrogens is 386 g/mol. The van der Waals surface area contributed by atoms with Crippen LogP contribution in [0.15, 0.2) is 18.2 Å². The first kappa shape index (κ1) is 20.1. The third-order valence-electron chi connectivity index (χ3n) is 6.79. The summed E-state index contributed by atoms with van der Waals surface area (Å²) in [5.74, 6) is -1.50. The molecule has 2 aromatic rings. The Morgan fingerprint density at radius 3 is 2.43 bits per heavy atom. The molecule has 0 bridgehead atoms. The topological polar surface area (TPSA) is 127 Å². The number of hydrogen-bond donors (Lipinski definition) is 3. The zero-order valence-corrected chi connectivity index (χ0v) is 16.8. The molecule has 0 aliphatic heterocycles. The molecule has 4 N–H and O–H groups in total. The summed E-state index contributed by atoms with van der Waals surface area (Å²) in [6, 6.07) is 3.92. The van der Waals surface area contributed by atoms with Gasteiger partial charge >= 0.3 is 0 Å². The number of benzene rings is 2. The minimum Gasteiger partial charge on any atom is -0.507 e. The number of methoxy groups -OCH3 is 1. The predicted octanol–water partition coefficient (Wildman–Crippen LogP) is 2.29. The van der Waals surface area contributed by atoms with Crippen LogP contribution >= 0.6 is 0 Å². The number of rotatable bonds is 4. The van der Waals surface area contributed by atoms with Crippen molar-refractivity contribution in [2.45, 2.75) is 38.6 Å². The summed E-state index contributed by atoms with van der Waals surface area (Å²) in [4.78, 5) is 37.9. The first-order valence-corrected chi connectivity index (χ1v) is 9.88. The number of nitrogens with two attached hydrogens (primary N) is 1. The maximum Gasteiger partial charge on any atom is 0.202 e. The van der Waals surface area contributed by atoms with E-state index in [1.54, 1.807) is 12.1 Å². The second-order valence-electron chi connectivity index (χ2n) is 8.00. The summed E-state index contributed by atoms with van der Waals surface area (Å²) in [5, 5.41) is 22.1. The standard InChI is InChI=1S/C23H23NO6/c1-3-23(15(24)10-25)8-7-11-13(9-23)21(28)17-18(19(11)26)22(29)16-12(20(17)27)5-4-6-14(16)30-2/h4-6,10,15,26,28H,3,7-9,24H2,1-2H3. The van der Waals surface area contributed by atoms with Gasteiger partial charge in [-0.3, -0.25) is 9.59 Å². The van der Waals surface area contributed by atoms with Crippen LogP contribution in [0.3, 0.4) is 0 Å². The highest BCUT2D eigenvalue weighted by Crippen LogP contribution is 2.50. The number of phenolic OH excluding ortho intramolecular Hbond substituents is 2. The average Bonchev–Trinajstić information content (AvgIpc) is 2.78. The molecule has 2 atom stereocenters. The number of hydrogen-bond acceptors (Lipinski definition) is 7. The number of ketones is 2. The molecule has 30 heavy (non-hydrogen) atoms. The van der Waals surface area contributed by atoms with E-state index in [2.05, 4.69) is 0 Å². The number of fused-ring (bicyclic) bond motifs is 3. The van der Waals surface area contributed by atoms with Crippen molar-refractivity contribution in [3.8, 4) is 17.2 Å². The van der Waals surface area contributed by atoms with Crippen molar-refractivity contribution >= 4 is 17.9 Å². The summed E-state index contributed by atoms with van der Waals surface area (Å²) in [6.07, 6.45) is 2.37. The Bertz CT molecular complexity index is 1110. The molecule has 2 aliphatic rings. The van der Waals surface area contributed by atoms with Crippen molar-refractivity contribution in [1.29, 1.82) is 0 Å². The molecule has 7 heteroatoms. The van der Waals surface area contributed by atoms with Crippen LogP contribution in [-0.4, -0.2) is 41.2 Å². The van der Waals surface area contributed by atoms with Gasteiger partial charge in [-0.1, -0.05) is 19.1 Å². The lowest BCUT2D eigenvalue weighted by Crippen LogP contribution is -2.46. The lowest BCUT2D eigenvalue weighted by Gasteiger charge is -2.41. The van der Waals surface area contributed by atoms with Gasteiger partial charge in [0.1, 0.15) is 23.5 Å². The van der Waals surface area contributed by atoms with Crippen molar-refractivity contribution in [3.63, 3.8) is 0 Å². The summed E-state index contributed by atoms with van der Waals surface area (Å²) < 4.78 is 5.25. The van der Waals surface area contributed by atoms with E-state index in [1.165, 1.54) is 13.2 Å². The Kier molecular flexibility index (Phi) is 4.66. The molecular formula is C23H23NO6. The maximum absolute atomic E-state index is 13.3. The largest absolute Gasteiger partial charge is 0.507 e. The van der Waals surface area contributed by atoms with Gasteiger partial charge in [0.05, 0.1) is 29.8 Å². The van der Waals surface area contributed by atoms with Crippen LogP contribution in [0.2, 0.25) is 0 Å². The fraction of sp³-hybridized carbons (Fsp3) is 0.348. The number of aldehydes is 1. The second-order valence-corrected chi connectivity index (χ2v) is 8.00. The van der Waals surface area contributed by atoms with Gasteiger partial charge in [0.25, 0.3) is 0 Å². The van der Waals surface area contributed by atoms with Gasteiger partial charge in [-0.2, -0.15) is 0 Å². The number of phenols is 2. The van der Waals surface area contributed by atoms with Crippen molar-refractivity contribution in [2.75, 3.05) is 7.11 Å². The van der Waals surface area contributed by atoms with Crippen molar-refractivity contribution < 1.29 is 29.3 Å². The zero-order chi connectivity index (χ0) is 21.8. The molecule has 0 saturated carbocycles. The third kappa shape index (κ3) is 2.51. The molecule has 4 rings (SSSR count). The highest BCUT2D eigenvalue weighted by atomic mass is 16.5. The van der Waals surface area contributed by atoms with Gasteiger partial charge < -0.3 is 25.5 Å². The first-order valence-electron chi connectivity index (χ1n) is 9.88. The Morgan fingerprint density at radius 1 is 1.13 bits per heavy atom. The van der Waals surface area contributed by atoms with E-state index in [-0.39, 0.29) is 45.9 Å². The fourth-order valence-electron chi connectivity index (χ4n) is 4.89. The first-order chi connectivity index (χ1) is 14.3. The SMILES string of the molecule is CCC1(C(N)C=O)CCc2c(O)c3c(c(O)c2C1)C(=O)c1cccc(OC)c1C3=O. The highest BCUT2D eigenvalue weighted by Gasteiger charge is 2.44. The van der Waals surface area contributed by atoms with Gasteiger partial charge in [0.2, 0.25) is 5.78 Å². The smallest absolute Gasteiger partial charge is 0.202 e. The van der Waals surface area contributed by atoms with E-state index < -0.39 is 23.0 Å². The van der Waals surface area contributed by atoms with Gasteiger partial charge in [-0.15, -0.1) is 0 Å². The van der Waals surface area contributed by atoms with Crippen LogP contribution in [0.5, 0.6) is 17.2 Å². The highest BCUT2D eigenvalue weighted by molar-refractivity contribution is 6.31. The molecule has 0 amide bonds. The van der Waals surface area contributed by atoms with Gasteiger partial charge in [0.15, 0.2) is 5.78 Å². The molecule has 2 unspecified atom stereocenters. The molecule has 0 spiro atoms. The molecule has 0 radical (unpaired) electrons. The van der Waals surface area contributed by atoms with Crippen molar-refractivity contribution in [2.24, 2.45) is 11.1 Å². The monoisotopic (exact) mass is 409 g/mol. The number of aromatic hydroxyl groups is 2. The minimum atomic E-state index is -0.740. The van der Waals surface area contributed by atoms with Crippen LogP contribution in [0.25, 0.3) is 0 Å². The number of carbonyl (C=O) groups is 3. The van der Waals surface area contributed by atoms with E-state index in [0.29, 0.717) is 36.7 Å². The Balaban J connectivity index is 1.96. The Hall–Kier alpha value is -3.19. The summed E-state index contributed by atoms with van der Waals surface area (Å²) >= 11 is 0. The Labute approximate surface area is 173 Å². The van der Waals surface area contributed by atoms with Gasteiger partial charge in [0, 0.05) is 16.7 Å². The summed E-state index contributed by atoms with van der Waals surface area (Å²) in [7, 11) is 1.40. The normalized spacial score (nSPS) is 20.8. The van der Waals surface area contributed by atoms with Crippen molar-refractivity contribution in [1.82, 2.24) is 0 Å². The molecule has 0 saturated heterocycles. The lowest BCUT2D eigenvalue weighted by molar-refractivity contribution is -0.111. The van der Waals surface area contributed by atoms with E-state index in [1.807, 2.05) is 6.92 Å². The minimum absolute atomic E-state index is 0.0776. The van der Waals surface area contributed by atoms with Crippen molar-refractivity contribution in [3.05, 3.63) is 51.6 Å². The van der Waals surface area contributed by atoms with E-state index >= 15 is 0 Å². The van der Waals surface area contributed by atoms with Crippen LogP contribution < -0.4 is 10.5 Å². The predicted molar refractivity (Wildman–Crippen MR) is 108 cm³/mol. The quantitative estimate of drug-likeness (QED) is 0.446.